The highest BCUT2D eigenvalue weighted by atomic mass is 32.2. The molecule has 0 spiro atoms. The van der Waals surface area contributed by atoms with Crippen LogP contribution in [-0.4, -0.2) is 34.6 Å². The lowest BCUT2D eigenvalue weighted by molar-refractivity contribution is 0.102. The average Bonchev–Trinajstić information content (AvgIpc) is 2.63. The van der Waals surface area contributed by atoms with Gasteiger partial charge in [-0.1, -0.05) is 0 Å². The van der Waals surface area contributed by atoms with E-state index in [2.05, 4.69) is 20.1 Å². The van der Waals surface area contributed by atoms with E-state index in [0.29, 0.717) is 16.9 Å². The highest BCUT2D eigenvalue weighted by Gasteiger charge is 2.12. The second kappa shape index (κ2) is 7.77. The lowest BCUT2D eigenvalue weighted by Gasteiger charge is -2.08. The minimum atomic E-state index is -3.54. The first-order valence-corrected chi connectivity index (χ1v) is 8.64. The van der Waals surface area contributed by atoms with Gasteiger partial charge >= 0.3 is 6.09 Å². The molecule has 0 radical (unpaired) electrons. The number of anilines is 2. The summed E-state index contributed by atoms with van der Waals surface area (Å²) in [6.45, 7) is 0. The van der Waals surface area contributed by atoms with Crippen LogP contribution in [0.1, 0.15) is 10.4 Å². The van der Waals surface area contributed by atoms with Gasteiger partial charge in [-0.3, -0.25) is 10.1 Å². The first-order chi connectivity index (χ1) is 11.9. The Bertz CT molecular complexity index is 862. The van der Waals surface area contributed by atoms with E-state index >= 15 is 0 Å². The van der Waals surface area contributed by atoms with Gasteiger partial charge in [-0.15, -0.1) is 0 Å². The maximum Gasteiger partial charge on any atom is 0.411 e. The first kappa shape index (κ1) is 18.4. The van der Waals surface area contributed by atoms with Crippen LogP contribution in [0, 0.1) is 0 Å². The molecule has 0 aliphatic heterocycles. The molecule has 9 heteroatoms. The van der Waals surface area contributed by atoms with Gasteiger partial charge in [0.25, 0.3) is 5.91 Å². The Morgan fingerprint density at radius 2 is 1.40 bits per heavy atom. The molecule has 8 nitrogen and oxygen atoms in total. The Kier molecular flexibility index (Phi) is 5.73. The maximum absolute atomic E-state index is 12.2. The number of benzene rings is 2. The summed E-state index contributed by atoms with van der Waals surface area (Å²) in [5.74, 6) is -0.387. The third-order valence-electron chi connectivity index (χ3n) is 3.27. The highest BCUT2D eigenvalue weighted by Crippen LogP contribution is 2.16. The number of hydrogen-bond donors (Lipinski definition) is 3. The number of rotatable bonds is 5. The molecule has 25 heavy (non-hydrogen) atoms. The van der Waals surface area contributed by atoms with Crippen molar-refractivity contribution in [3.05, 3.63) is 54.1 Å². The topological polar surface area (TPSA) is 114 Å². The zero-order valence-electron chi connectivity index (χ0n) is 13.6. The van der Waals surface area contributed by atoms with Gasteiger partial charge in [0.2, 0.25) is 10.0 Å². The molecule has 2 aromatic rings. The minimum Gasteiger partial charge on any atom is -0.453 e. The standard InChI is InChI=1S/C16H17N3O5S/c1-17-25(22,23)14-9-3-11(4-10-14)15(20)18-12-5-7-13(8-6-12)19-16(21)24-2/h3-10,17H,1-2H3,(H,18,20)(H,19,21). The first-order valence-electron chi connectivity index (χ1n) is 7.15. The summed E-state index contributed by atoms with van der Waals surface area (Å²) >= 11 is 0. The fraction of sp³-hybridized carbons (Fsp3) is 0.125. The SMILES string of the molecule is CNS(=O)(=O)c1ccc(C(=O)Nc2ccc(NC(=O)OC)cc2)cc1. The molecule has 0 aromatic heterocycles. The Labute approximate surface area is 145 Å². The van der Waals surface area contributed by atoms with E-state index in [0.717, 1.165) is 0 Å². The van der Waals surface area contributed by atoms with Crippen molar-refractivity contribution < 1.29 is 22.7 Å². The summed E-state index contributed by atoms with van der Waals surface area (Å²) in [5, 5.41) is 5.17. The van der Waals surface area contributed by atoms with Gasteiger partial charge in [0, 0.05) is 16.9 Å². The molecule has 132 valence electrons. The van der Waals surface area contributed by atoms with Crippen LogP contribution >= 0.6 is 0 Å². The monoisotopic (exact) mass is 363 g/mol. The molecule has 0 saturated carbocycles. The van der Waals surface area contributed by atoms with Crippen molar-refractivity contribution in [3.63, 3.8) is 0 Å². The number of amides is 2. The summed E-state index contributed by atoms with van der Waals surface area (Å²) < 4.78 is 30.0. The van der Waals surface area contributed by atoms with E-state index in [-0.39, 0.29) is 10.8 Å². The molecular weight excluding hydrogens is 346 g/mol. The van der Waals surface area contributed by atoms with Crippen LogP contribution in [0.15, 0.2) is 53.4 Å². The molecule has 0 fully saturated rings. The van der Waals surface area contributed by atoms with Crippen molar-refractivity contribution in [2.24, 2.45) is 0 Å². The fourth-order valence-electron chi connectivity index (χ4n) is 1.91. The lowest BCUT2D eigenvalue weighted by atomic mass is 10.2. The summed E-state index contributed by atoms with van der Waals surface area (Å²) in [4.78, 5) is 23.4. The molecule has 0 saturated heterocycles. The number of methoxy groups -OCH3 is 1. The molecule has 0 unspecified atom stereocenters. The number of sulfonamides is 1. The number of ether oxygens (including phenoxy) is 1. The van der Waals surface area contributed by atoms with Gasteiger partial charge in [-0.05, 0) is 55.6 Å². The van der Waals surface area contributed by atoms with E-state index in [1.165, 1.54) is 38.4 Å². The predicted octanol–water partition coefficient (Wildman–Crippen LogP) is 2.03. The van der Waals surface area contributed by atoms with Crippen LogP contribution in [0.5, 0.6) is 0 Å². The molecule has 0 bridgehead atoms. The Balaban J connectivity index is 2.05. The molecule has 0 aliphatic rings. The van der Waals surface area contributed by atoms with E-state index in [1.54, 1.807) is 24.3 Å². The zero-order chi connectivity index (χ0) is 18.4. The van der Waals surface area contributed by atoms with E-state index in [1.807, 2.05) is 0 Å². The molecule has 0 heterocycles. The fourth-order valence-corrected chi connectivity index (χ4v) is 2.64. The summed E-state index contributed by atoms with van der Waals surface area (Å²) in [6.07, 6.45) is -0.589. The minimum absolute atomic E-state index is 0.0739. The third-order valence-corrected chi connectivity index (χ3v) is 4.70. The Hall–Kier alpha value is -2.91. The van der Waals surface area contributed by atoms with Crippen LogP contribution in [0.25, 0.3) is 0 Å². The van der Waals surface area contributed by atoms with Crippen molar-refractivity contribution in [2.75, 3.05) is 24.8 Å². The molecule has 2 rings (SSSR count). The summed E-state index contributed by atoms with van der Waals surface area (Å²) in [7, 11) is -0.968. The molecule has 3 N–H and O–H groups in total. The smallest absolute Gasteiger partial charge is 0.411 e. The number of nitrogens with one attached hydrogen (secondary N) is 3. The van der Waals surface area contributed by atoms with Crippen molar-refractivity contribution in [2.45, 2.75) is 4.90 Å². The summed E-state index contributed by atoms with van der Waals surface area (Å²) in [6, 6.07) is 12.0. The van der Waals surface area contributed by atoms with Crippen LogP contribution in [-0.2, 0) is 14.8 Å². The Morgan fingerprint density at radius 3 is 1.88 bits per heavy atom. The average molecular weight is 363 g/mol. The molecule has 0 atom stereocenters. The third kappa shape index (κ3) is 4.78. The number of hydrogen-bond acceptors (Lipinski definition) is 5. The summed E-state index contributed by atoms with van der Waals surface area (Å²) in [5.41, 5.74) is 1.35. The van der Waals surface area contributed by atoms with Crippen molar-refractivity contribution in [3.8, 4) is 0 Å². The second-order valence-electron chi connectivity index (χ2n) is 4.88. The predicted molar refractivity (Wildman–Crippen MR) is 93.1 cm³/mol. The van der Waals surface area contributed by atoms with E-state index in [9.17, 15) is 18.0 Å². The Morgan fingerprint density at radius 1 is 0.880 bits per heavy atom. The van der Waals surface area contributed by atoms with Crippen molar-refractivity contribution >= 4 is 33.4 Å². The molecular formula is C16H17N3O5S. The maximum atomic E-state index is 12.2. The van der Waals surface area contributed by atoms with Crippen molar-refractivity contribution in [1.82, 2.24) is 4.72 Å². The number of carbonyl (C=O) groups is 2. The molecule has 0 aliphatic carbocycles. The highest BCUT2D eigenvalue weighted by molar-refractivity contribution is 7.89. The van der Waals surface area contributed by atoms with Gasteiger partial charge in [0.15, 0.2) is 0 Å². The van der Waals surface area contributed by atoms with Crippen LogP contribution in [0.2, 0.25) is 0 Å². The van der Waals surface area contributed by atoms with Gasteiger partial charge in [-0.2, -0.15) is 0 Å². The lowest BCUT2D eigenvalue weighted by Crippen LogP contribution is -2.19. The van der Waals surface area contributed by atoms with Crippen LogP contribution < -0.4 is 15.4 Å². The van der Waals surface area contributed by atoms with Gasteiger partial charge in [-0.25, -0.2) is 17.9 Å². The van der Waals surface area contributed by atoms with Crippen molar-refractivity contribution in [1.29, 1.82) is 0 Å². The van der Waals surface area contributed by atoms with Crippen LogP contribution in [0.3, 0.4) is 0 Å². The van der Waals surface area contributed by atoms with Gasteiger partial charge < -0.3 is 10.1 Å². The normalized spacial score (nSPS) is 10.8. The zero-order valence-corrected chi connectivity index (χ0v) is 14.4. The van der Waals surface area contributed by atoms with Gasteiger partial charge in [0.05, 0.1) is 12.0 Å². The van der Waals surface area contributed by atoms with E-state index in [4.69, 9.17) is 0 Å². The molecule has 2 aromatic carbocycles. The quantitative estimate of drug-likeness (QED) is 0.752. The van der Waals surface area contributed by atoms with Gasteiger partial charge in [0.1, 0.15) is 0 Å². The molecule has 2 amide bonds. The second-order valence-corrected chi connectivity index (χ2v) is 6.77. The van der Waals surface area contributed by atoms with E-state index < -0.39 is 16.1 Å². The van der Waals surface area contributed by atoms with Crippen LogP contribution in [0.4, 0.5) is 16.2 Å². The largest absolute Gasteiger partial charge is 0.453 e. The number of carbonyl (C=O) groups excluding carboxylic acids is 2.